The topological polar surface area (TPSA) is 49.9 Å². The molecule has 26 heavy (non-hydrogen) atoms. The minimum atomic E-state index is -3.83. The van der Waals surface area contributed by atoms with E-state index in [0.29, 0.717) is 26.2 Å². The molecule has 5 nitrogen and oxygen atoms in total. The third-order valence-electron chi connectivity index (χ3n) is 4.29. The molecule has 1 heterocycles. The van der Waals surface area contributed by atoms with E-state index < -0.39 is 21.7 Å². The fourth-order valence-electron chi connectivity index (χ4n) is 2.83. The van der Waals surface area contributed by atoms with E-state index in [1.54, 1.807) is 18.2 Å². The van der Waals surface area contributed by atoms with E-state index in [-0.39, 0.29) is 23.7 Å². The van der Waals surface area contributed by atoms with Crippen LogP contribution in [0.15, 0.2) is 53.4 Å². The molecule has 1 aliphatic heterocycles. The Morgan fingerprint density at radius 2 is 1.50 bits per heavy atom. The lowest BCUT2D eigenvalue weighted by Crippen LogP contribution is -2.49. The maximum absolute atomic E-state index is 13.8. The number of ether oxygens (including phenoxy) is 1. The van der Waals surface area contributed by atoms with Gasteiger partial charge < -0.3 is 4.74 Å². The molecule has 0 radical (unpaired) electrons. The molecule has 0 saturated carbocycles. The smallest absolute Gasteiger partial charge is 0.246 e. The fraction of sp³-hybridized carbons (Fsp3) is 0.333. The van der Waals surface area contributed by atoms with Crippen molar-refractivity contribution in [1.82, 2.24) is 9.21 Å². The Hall–Kier alpha value is -2.03. The van der Waals surface area contributed by atoms with Crippen LogP contribution in [0, 0.1) is 11.6 Å². The summed E-state index contributed by atoms with van der Waals surface area (Å²) in [6.07, 6.45) is 0. The summed E-state index contributed by atoms with van der Waals surface area (Å²) in [7, 11) is -3.83. The zero-order valence-electron chi connectivity index (χ0n) is 14.1. The summed E-state index contributed by atoms with van der Waals surface area (Å²) in [5.41, 5.74) is 0. The van der Waals surface area contributed by atoms with E-state index in [0.717, 1.165) is 6.07 Å². The second-order valence-corrected chi connectivity index (χ2v) is 7.86. The van der Waals surface area contributed by atoms with Gasteiger partial charge in [-0.15, -0.1) is 0 Å². The number of hydrogen-bond acceptors (Lipinski definition) is 4. The lowest BCUT2D eigenvalue weighted by molar-refractivity contribution is 0.157. The molecule has 1 aliphatic rings. The van der Waals surface area contributed by atoms with E-state index in [4.69, 9.17) is 4.74 Å². The average molecular weight is 382 g/mol. The number of piperazine rings is 1. The number of sulfonamides is 1. The van der Waals surface area contributed by atoms with Crippen molar-refractivity contribution in [2.24, 2.45) is 0 Å². The second kappa shape index (κ2) is 8.11. The Kier molecular flexibility index (Phi) is 5.85. The molecule has 3 rings (SSSR count). The van der Waals surface area contributed by atoms with Crippen molar-refractivity contribution >= 4 is 10.0 Å². The van der Waals surface area contributed by atoms with Crippen LogP contribution in [0.4, 0.5) is 8.78 Å². The summed E-state index contributed by atoms with van der Waals surface area (Å²) in [6.45, 7) is 2.43. The van der Waals surface area contributed by atoms with Gasteiger partial charge in [-0.2, -0.15) is 4.31 Å². The number of para-hydroxylation sites is 1. The minimum absolute atomic E-state index is 0.202. The van der Waals surface area contributed by atoms with Crippen LogP contribution in [-0.2, 0) is 10.0 Å². The van der Waals surface area contributed by atoms with Gasteiger partial charge in [0, 0.05) is 32.7 Å². The molecular formula is C18H20F2N2O3S. The molecule has 140 valence electrons. The molecule has 1 fully saturated rings. The third-order valence-corrected chi connectivity index (χ3v) is 6.22. The van der Waals surface area contributed by atoms with Gasteiger partial charge in [0.15, 0.2) is 11.6 Å². The first-order valence-electron chi connectivity index (χ1n) is 8.33. The van der Waals surface area contributed by atoms with Crippen LogP contribution in [0.3, 0.4) is 0 Å². The van der Waals surface area contributed by atoms with Crippen molar-refractivity contribution in [3.05, 3.63) is 60.2 Å². The number of nitrogens with zero attached hydrogens (tertiary/aromatic N) is 2. The number of halogens is 2. The molecular weight excluding hydrogens is 362 g/mol. The fourth-order valence-corrected chi connectivity index (χ4v) is 4.32. The third kappa shape index (κ3) is 4.20. The normalized spacial score (nSPS) is 16.5. The molecule has 0 spiro atoms. The largest absolute Gasteiger partial charge is 0.489 e. The number of hydrogen-bond donors (Lipinski definition) is 0. The summed E-state index contributed by atoms with van der Waals surface area (Å²) < 4.78 is 59.1. The van der Waals surface area contributed by atoms with Crippen molar-refractivity contribution in [2.75, 3.05) is 39.3 Å². The monoisotopic (exact) mass is 382 g/mol. The first-order chi connectivity index (χ1) is 12.5. The second-order valence-electron chi connectivity index (χ2n) is 5.96. The van der Waals surface area contributed by atoms with Crippen molar-refractivity contribution in [3.63, 3.8) is 0 Å². The van der Waals surface area contributed by atoms with Gasteiger partial charge in [-0.1, -0.05) is 24.3 Å². The molecule has 2 aromatic carbocycles. The number of rotatable bonds is 6. The van der Waals surface area contributed by atoms with Gasteiger partial charge in [-0.3, -0.25) is 4.90 Å². The summed E-state index contributed by atoms with van der Waals surface area (Å²) in [6, 6.07) is 11.6. The van der Waals surface area contributed by atoms with Crippen LogP contribution < -0.4 is 4.74 Å². The molecule has 0 amide bonds. The number of benzene rings is 2. The van der Waals surface area contributed by atoms with Gasteiger partial charge >= 0.3 is 0 Å². The van der Waals surface area contributed by atoms with Crippen molar-refractivity contribution in [1.29, 1.82) is 0 Å². The SMILES string of the molecule is O=S(=O)(c1ccccc1F)N1CCN(CCOc2ccccc2F)CC1. The zero-order chi connectivity index (χ0) is 18.6. The van der Waals surface area contributed by atoms with E-state index in [1.807, 2.05) is 4.90 Å². The highest BCUT2D eigenvalue weighted by molar-refractivity contribution is 7.89. The Morgan fingerprint density at radius 3 is 2.15 bits per heavy atom. The van der Waals surface area contributed by atoms with E-state index in [1.165, 1.54) is 28.6 Å². The quantitative estimate of drug-likeness (QED) is 0.770. The van der Waals surface area contributed by atoms with Crippen LogP contribution >= 0.6 is 0 Å². The molecule has 0 bridgehead atoms. The molecule has 0 atom stereocenters. The first kappa shape index (κ1) is 18.8. The van der Waals surface area contributed by atoms with Crippen LogP contribution in [0.2, 0.25) is 0 Å². The molecule has 0 aliphatic carbocycles. The summed E-state index contributed by atoms with van der Waals surface area (Å²) in [5.74, 6) is -0.949. The van der Waals surface area contributed by atoms with Gasteiger partial charge in [0.2, 0.25) is 10.0 Å². The Bertz CT molecular complexity index is 853. The van der Waals surface area contributed by atoms with Crippen molar-refractivity contribution in [3.8, 4) is 5.75 Å². The lowest BCUT2D eigenvalue weighted by Gasteiger charge is -2.33. The van der Waals surface area contributed by atoms with Gasteiger partial charge in [0.05, 0.1) is 0 Å². The highest BCUT2D eigenvalue weighted by atomic mass is 32.2. The van der Waals surface area contributed by atoms with Crippen LogP contribution in [0.1, 0.15) is 0 Å². The molecule has 8 heteroatoms. The predicted molar refractivity (Wildman–Crippen MR) is 93.5 cm³/mol. The maximum Gasteiger partial charge on any atom is 0.246 e. The molecule has 0 N–H and O–H groups in total. The van der Waals surface area contributed by atoms with E-state index >= 15 is 0 Å². The summed E-state index contributed by atoms with van der Waals surface area (Å²) in [5, 5.41) is 0. The van der Waals surface area contributed by atoms with Crippen molar-refractivity contribution in [2.45, 2.75) is 4.90 Å². The Balaban J connectivity index is 1.51. The molecule has 0 aromatic heterocycles. The Morgan fingerprint density at radius 1 is 0.885 bits per heavy atom. The Labute approximate surface area is 151 Å². The van der Waals surface area contributed by atoms with E-state index in [2.05, 4.69) is 0 Å². The lowest BCUT2D eigenvalue weighted by atomic mass is 10.3. The highest BCUT2D eigenvalue weighted by Crippen LogP contribution is 2.20. The van der Waals surface area contributed by atoms with Crippen molar-refractivity contribution < 1.29 is 21.9 Å². The molecule has 2 aromatic rings. The minimum Gasteiger partial charge on any atom is -0.489 e. The standard InChI is InChI=1S/C18H20F2N2O3S/c19-15-5-1-3-7-17(15)25-14-13-21-9-11-22(12-10-21)26(23,24)18-8-4-2-6-16(18)20/h1-8H,9-14H2. The van der Waals surface area contributed by atoms with Gasteiger partial charge in [-0.05, 0) is 24.3 Å². The highest BCUT2D eigenvalue weighted by Gasteiger charge is 2.30. The average Bonchev–Trinajstić information content (AvgIpc) is 2.64. The van der Waals surface area contributed by atoms with Crippen LogP contribution in [0.25, 0.3) is 0 Å². The molecule has 1 saturated heterocycles. The van der Waals surface area contributed by atoms with Gasteiger partial charge in [-0.25, -0.2) is 17.2 Å². The van der Waals surface area contributed by atoms with E-state index in [9.17, 15) is 17.2 Å². The maximum atomic E-state index is 13.8. The van der Waals surface area contributed by atoms with Crippen LogP contribution in [0.5, 0.6) is 5.75 Å². The predicted octanol–water partition coefficient (Wildman–Crippen LogP) is 2.35. The first-order valence-corrected chi connectivity index (χ1v) is 9.77. The summed E-state index contributed by atoms with van der Waals surface area (Å²) >= 11 is 0. The van der Waals surface area contributed by atoms with Crippen LogP contribution in [-0.4, -0.2) is 57.0 Å². The zero-order valence-corrected chi connectivity index (χ0v) is 15.0. The summed E-state index contributed by atoms with van der Waals surface area (Å²) in [4.78, 5) is 1.74. The van der Waals surface area contributed by atoms with Gasteiger partial charge in [0.25, 0.3) is 0 Å². The molecule has 0 unspecified atom stereocenters. The van der Waals surface area contributed by atoms with Gasteiger partial charge in [0.1, 0.15) is 17.3 Å².